The van der Waals surface area contributed by atoms with E-state index >= 15 is 0 Å². The van der Waals surface area contributed by atoms with Gasteiger partial charge in [-0.05, 0) is 31.0 Å². The van der Waals surface area contributed by atoms with Crippen LogP contribution in [0.1, 0.15) is 24.5 Å². The van der Waals surface area contributed by atoms with Crippen molar-refractivity contribution in [3.63, 3.8) is 0 Å². The lowest BCUT2D eigenvalue weighted by Gasteiger charge is -2.47. The lowest BCUT2D eigenvalue weighted by atomic mass is 9.83. The van der Waals surface area contributed by atoms with Crippen LogP contribution < -0.4 is 4.74 Å². The average Bonchev–Trinajstić information content (AvgIpc) is 2.60. The van der Waals surface area contributed by atoms with Crippen LogP contribution in [0.3, 0.4) is 0 Å². The molecule has 0 saturated carbocycles. The summed E-state index contributed by atoms with van der Waals surface area (Å²) in [6.45, 7) is 2.74. The number of ether oxygens (including phenoxy) is 2. The molecule has 0 aromatic heterocycles. The van der Waals surface area contributed by atoms with Crippen LogP contribution in [0.15, 0.2) is 18.2 Å². The van der Waals surface area contributed by atoms with Gasteiger partial charge in [0.05, 0.1) is 12.2 Å². The Labute approximate surface area is 149 Å². The number of esters is 1. The average molecular weight is 375 g/mol. The third kappa shape index (κ3) is 3.86. The van der Waals surface area contributed by atoms with Crippen molar-refractivity contribution in [2.45, 2.75) is 50.6 Å². The van der Waals surface area contributed by atoms with Crippen LogP contribution in [0.5, 0.6) is 5.75 Å². The van der Waals surface area contributed by atoms with Gasteiger partial charge < -0.3 is 9.47 Å². The molecule has 1 fully saturated rings. The Morgan fingerprint density at radius 1 is 1.35 bits per heavy atom. The van der Waals surface area contributed by atoms with Gasteiger partial charge in [-0.3, -0.25) is 4.90 Å². The van der Waals surface area contributed by atoms with Gasteiger partial charge in [0, 0.05) is 24.6 Å². The van der Waals surface area contributed by atoms with Gasteiger partial charge in [-0.15, -0.1) is 0 Å². The van der Waals surface area contributed by atoms with Gasteiger partial charge in [-0.2, -0.15) is 13.2 Å². The molecule has 1 aliphatic heterocycles. The summed E-state index contributed by atoms with van der Waals surface area (Å²) in [5.74, 6) is -2.34. The minimum absolute atomic E-state index is 0.0406. The van der Waals surface area contributed by atoms with Crippen LogP contribution in [0, 0.1) is 0 Å². The van der Waals surface area contributed by atoms with E-state index in [0.29, 0.717) is 18.5 Å². The highest BCUT2D eigenvalue weighted by molar-refractivity contribution is 5.78. The smallest absolute Gasteiger partial charge is 0.420 e. The predicted octanol–water partition coefficient (Wildman–Crippen LogP) is 3.07. The number of carbonyl (C=O) groups is 1. The van der Waals surface area contributed by atoms with E-state index in [1.54, 1.807) is 6.07 Å². The van der Waals surface area contributed by atoms with Crippen LogP contribution in [-0.2, 0) is 22.4 Å². The Morgan fingerprint density at radius 3 is 2.77 bits per heavy atom. The molecule has 1 saturated heterocycles. The number of rotatable bonds is 4. The molecule has 0 spiro atoms. The SMILES string of the molecule is CCCN1C[C@H](CF)O[C@@H]2Cc3c(cccc3OC(=O)C(F)(F)F)C[C@H]21. The Morgan fingerprint density at radius 2 is 2.12 bits per heavy atom. The van der Waals surface area contributed by atoms with Crippen LogP contribution in [0.2, 0.25) is 0 Å². The fraction of sp³-hybridized carbons (Fsp3) is 0.611. The molecule has 0 amide bonds. The summed E-state index contributed by atoms with van der Waals surface area (Å²) < 4.78 is 61.1. The highest BCUT2D eigenvalue weighted by Crippen LogP contribution is 2.36. The standard InChI is InChI=1S/C18H21F4NO3/c1-2-6-23-10-12(9-19)25-16-8-13-11(7-14(16)23)4-3-5-15(13)26-17(24)18(20,21)22/h3-5,12,14,16H,2,6-10H2,1H3/t12-,14+,16+/m0/s1. The molecule has 144 valence electrons. The molecule has 4 nitrogen and oxygen atoms in total. The molecule has 0 bridgehead atoms. The highest BCUT2D eigenvalue weighted by Gasteiger charge is 2.43. The lowest BCUT2D eigenvalue weighted by molar-refractivity contribution is -0.189. The van der Waals surface area contributed by atoms with Gasteiger partial charge in [0.15, 0.2) is 0 Å². The summed E-state index contributed by atoms with van der Waals surface area (Å²) in [4.78, 5) is 13.4. The fourth-order valence-electron chi connectivity index (χ4n) is 3.80. The van der Waals surface area contributed by atoms with E-state index in [4.69, 9.17) is 4.74 Å². The molecule has 1 heterocycles. The van der Waals surface area contributed by atoms with Crippen molar-refractivity contribution in [1.82, 2.24) is 4.90 Å². The molecule has 3 rings (SSSR count). The van der Waals surface area contributed by atoms with Crippen LogP contribution in [-0.4, -0.2) is 55.1 Å². The maximum Gasteiger partial charge on any atom is 0.491 e. The molecule has 26 heavy (non-hydrogen) atoms. The first kappa shape index (κ1) is 19.1. The molecule has 0 N–H and O–H groups in total. The van der Waals surface area contributed by atoms with Crippen LogP contribution in [0.25, 0.3) is 0 Å². The number of fused-ring (bicyclic) bond motifs is 2. The fourth-order valence-corrected chi connectivity index (χ4v) is 3.80. The zero-order valence-corrected chi connectivity index (χ0v) is 14.4. The molecule has 0 radical (unpaired) electrons. The molecule has 1 aliphatic carbocycles. The van der Waals surface area contributed by atoms with Crippen molar-refractivity contribution in [3.05, 3.63) is 29.3 Å². The minimum Gasteiger partial charge on any atom is -0.420 e. The number of benzene rings is 1. The maximum absolute atomic E-state index is 13.2. The largest absolute Gasteiger partial charge is 0.491 e. The van der Waals surface area contributed by atoms with Gasteiger partial charge in [-0.25, -0.2) is 9.18 Å². The first-order valence-corrected chi connectivity index (χ1v) is 8.68. The van der Waals surface area contributed by atoms with Crippen molar-refractivity contribution in [2.24, 2.45) is 0 Å². The monoisotopic (exact) mass is 375 g/mol. The van der Waals surface area contributed by atoms with Gasteiger partial charge in [-0.1, -0.05) is 19.1 Å². The third-order valence-corrected chi connectivity index (χ3v) is 4.89. The van der Waals surface area contributed by atoms with E-state index in [9.17, 15) is 22.4 Å². The van der Waals surface area contributed by atoms with Crippen LogP contribution >= 0.6 is 0 Å². The zero-order valence-electron chi connectivity index (χ0n) is 14.4. The summed E-state index contributed by atoms with van der Waals surface area (Å²) in [7, 11) is 0. The molecule has 8 heteroatoms. The Bertz CT molecular complexity index is 664. The van der Waals surface area contributed by atoms with E-state index in [2.05, 4.69) is 9.64 Å². The van der Waals surface area contributed by atoms with Gasteiger partial charge in [0.2, 0.25) is 0 Å². The number of hydrogen-bond acceptors (Lipinski definition) is 4. The van der Waals surface area contributed by atoms with E-state index in [0.717, 1.165) is 18.5 Å². The molecule has 1 aromatic rings. The number of carbonyl (C=O) groups excluding carboxylic acids is 1. The summed E-state index contributed by atoms with van der Waals surface area (Å²) in [5, 5.41) is 0. The Kier molecular flexibility index (Phi) is 5.53. The predicted molar refractivity (Wildman–Crippen MR) is 85.8 cm³/mol. The second-order valence-corrected chi connectivity index (χ2v) is 6.70. The van der Waals surface area contributed by atoms with Crippen molar-refractivity contribution < 1.29 is 31.8 Å². The number of hydrogen-bond donors (Lipinski definition) is 0. The van der Waals surface area contributed by atoms with E-state index < -0.39 is 24.9 Å². The molecular weight excluding hydrogens is 354 g/mol. The minimum atomic E-state index is -5.06. The summed E-state index contributed by atoms with van der Waals surface area (Å²) in [6, 6.07) is 4.79. The lowest BCUT2D eigenvalue weighted by Crippen LogP contribution is -2.58. The van der Waals surface area contributed by atoms with Crippen molar-refractivity contribution in [2.75, 3.05) is 19.8 Å². The van der Waals surface area contributed by atoms with Gasteiger partial charge >= 0.3 is 12.1 Å². The number of morpholine rings is 1. The first-order valence-electron chi connectivity index (χ1n) is 8.68. The van der Waals surface area contributed by atoms with E-state index in [1.807, 2.05) is 13.0 Å². The quantitative estimate of drug-likeness (QED) is 0.461. The number of halogens is 4. The first-order chi connectivity index (χ1) is 12.3. The second-order valence-electron chi connectivity index (χ2n) is 6.70. The molecule has 0 unspecified atom stereocenters. The van der Waals surface area contributed by atoms with Gasteiger partial charge in [0.25, 0.3) is 0 Å². The molecular formula is C18H21F4NO3. The second kappa shape index (κ2) is 7.52. The van der Waals surface area contributed by atoms with Gasteiger partial charge in [0.1, 0.15) is 12.4 Å². The topological polar surface area (TPSA) is 38.8 Å². The van der Waals surface area contributed by atoms with Crippen LogP contribution in [0.4, 0.5) is 17.6 Å². The summed E-state index contributed by atoms with van der Waals surface area (Å²) >= 11 is 0. The normalized spacial score (nSPS) is 26.1. The Balaban J connectivity index is 1.86. The Hall–Kier alpha value is -1.67. The van der Waals surface area contributed by atoms with E-state index in [1.165, 1.54) is 6.07 Å². The maximum atomic E-state index is 13.2. The molecule has 3 atom stereocenters. The number of alkyl halides is 4. The summed E-state index contributed by atoms with van der Waals surface area (Å²) in [6.07, 6.45) is -4.17. The zero-order chi connectivity index (χ0) is 18.9. The third-order valence-electron chi connectivity index (χ3n) is 4.89. The molecule has 2 aliphatic rings. The number of nitrogens with zero attached hydrogens (tertiary/aromatic N) is 1. The van der Waals surface area contributed by atoms with Crippen molar-refractivity contribution in [3.8, 4) is 5.75 Å². The highest BCUT2D eigenvalue weighted by atomic mass is 19.4. The molecule has 1 aromatic carbocycles. The van der Waals surface area contributed by atoms with Crippen molar-refractivity contribution >= 4 is 5.97 Å². The van der Waals surface area contributed by atoms with E-state index in [-0.39, 0.29) is 24.3 Å². The summed E-state index contributed by atoms with van der Waals surface area (Å²) in [5.41, 5.74) is 1.37. The van der Waals surface area contributed by atoms with Crippen molar-refractivity contribution in [1.29, 1.82) is 0 Å².